The minimum absolute atomic E-state index is 0.0454. The molecule has 2 rings (SSSR count). The van der Waals surface area contributed by atoms with Crippen molar-refractivity contribution in [1.29, 1.82) is 0 Å². The van der Waals surface area contributed by atoms with Gasteiger partial charge in [0.05, 0.1) is 0 Å². The molecule has 11 heteroatoms. The van der Waals surface area contributed by atoms with Gasteiger partial charge in [0.2, 0.25) is 0 Å². The van der Waals surface area contributed by atoms with Crippen LogP contribution in [0.3, 0.4) is 0 Å². The van der Waals surface area contributed by atoms with E-state index in [0.29, 0.717) is 10.6 Å². The average molecular weight is 381 g/mol. The third kappa shape index (κ3) is 3.83. The third-order valence-corrected chi connectivity index (χ3v) is 5.58. The zero-order valence-corrected chi connectivity index (χ0v) is 14.8. The summed E-state index contributed by atoms with van der Waals surface area (Å²) in [5.74, 6) is -1.02. The lowest BCUT2D eigenvalue weighted by Crippen LogP contribution is -2.16. The van der Waals surface area contributed by atoms with E-state index in [1.807, 2.05) is 0 Å². The number of hydrogen-bond donors (Lipinski definition) is 1. The summed E-state index contributed by atoms with van der Waals surface area (Å²) in [6.07, 6.45) is 0. The summed E-state index contributed by atoms with van der Waals surface area (Å²) >= 11 is 6.88. The molecule has 0 aliphatic rings. The van der Waals surface area contributed by atoms with Crippen LogP contribution in [0.2, 0.25) is 5.02 Å². The highest BCUT2D eigenvalue weighted by Crippen LogP contribution is 2.31. The first-order valence-corrected chi connectivity index (χ1v) is 8.85. The summed E-state index contributed by atoms with van der Waals surface area (Å²) in [7, 11) is -2.75. The second-order valence-corrected chi connectivity index (χ2v) is 7.69. The second-order valence-electron chi connectivity index (χ2n) is 4.41. The number of esters is 1. The Bertz CT molecular complexity index is 827. The van der Waals surface area contributed by atoms with Crippen molar-refractivity contribution in [1.82, 2.24) is 5.16 Å². The smallest absolute Gasteiger partial charge is 0.351 e. The van der Waals surface area contributed by atoms with Gasteiger partial charge in [0.15, 0.2) is 6.79 Å². The molecule has 2 heterocycles. The van der Waals surface area contributed by atoms with Gasteiger partial charge in [-0.3, -0.25) is 0 Å². The van der Waals surface area contributed by atoms with Gasteiger partial charge in [0.25, 0.3) is 15.9 Å². The molecule has 0 radical (unpaired) electrons. The van der Waals surface area contributed by atoms with Crippen LogP contribution in [-0.2, 0) is 19.5 Å². The van der Waals surface area contributed by atoms with E-state index in [1.54, 1.807) is 13.8 Å². The van der Waals surface area contributed by atoms with E-state index in [-0.39, 0.29) is 27.5 Å². The summed E-state index contributed by atoms with van der Waals surface area (Å²) in [5, 5.41) is 3.60. The Morgan fingerprint density at radius 2 is 2.17 bits per heavy atom. The number of carbonyl (C=O) groups is 1. The molecule has 0 amide bonds. The number of ether oxygens (including phenoxy) is 2. The summed E-state index contributed by atoms with van der Waals surface area (Å²) < 4.78 is 41.4. The van der Waals surface area contributed by atoms with Crippen molar-refractivity contribution in [2.45, 2.75) is 18.7 Å². The minimum Gasteiger partial charge on any atom is -0.434 e. The van der Waals surface area contributed by atoms with Crippen LogP contribution >= 0.6 is 22.9 Å². The molecule has 2 aromatic rings. The van der Waals surface area contributed by atoms with Crippen LogP contribution in [0.1, 0.15) is 20.2 Å². The number of aryl methyl sites for hydroxylation is 2. The molecule has 126 valence electrons. The highest BCUT2D eigenvalue weighted by Gasteiger charge is 2.28. The van der Waals surface area contributed by atoms with E-state index in [0.717, 1.165) is 11.3 Å². The van der Waals surface area contributed by atoms with Gasteiger partial charge in [-0.25, -0.2) is 17.9 Å². The summed E-state index contributed by atoms with van der Waals surface area (Å²) in [4.78, 5) is 12.3. The number of halogens is 1. The lowest BCUT2D eigenvalue weighted by atomic mass is 10.4. The number of methoxy groups -OCH3 is 1. The lowest BCUT2D eigenvalue weighted by Gasteiger charge is -2.06. The number of hydrogen-bond acceptors (Lipinski definition) is 8. The third-order valence-electron chi connectivity index (χ3n) is 2.62. The maximum Gasteiger partial charge on any atom is 0.351 e. The summed E-state index contributed by atoms with van der Waals surface area (Å²) in [5.41, 5.74) is 0.339. The van der Waals surface area contributed by atoms with Crippen LogP contribution in [0.25, 0.3) is 0 Å². The number of nitrogens with one attached hydrogen (secondary N) is 1. The van der Waals surface area contributed by atoms with E-state index in [4.69, 9.17) is 20.9 Å². The highest BCUT2D eigenvalue weighted by atomic mass is 35.5. The van der Waals surface area contributed by atoms with Gasteiger partial charge in [-0.2, -0.15) is 0 Å². The molecule has 2 aromatic heterocycles. The molecule has 1 N–H and O–H groups in total. The lowest BCUT2D eigenvalue weighted by molar-refractivity contribution is -0.0123. The van der Waals surface area contributed by atoms with Crippen molar-refractivity contribution in [3.8, 4) is 0 Å². The first-order valence-electron chi connectivity index (χ1n) is 6.17. The van der Waals surface area contributed by atoms with Crippen LogP contribution in [0, 0.1) is 13.8 Å². The van der Waals surface area contributed by atoms with Crippen molar-refractivity contribution in [3.63, 3.8) is 0 Å². The van der Waals surface area contributed by atoms with Gasteiger partial charge in [-0.1, -0.05) is 16.8 Å². The predicted octanol–water partition coefficient (Wildman–Crippen LogP) is 2.57. The van der Waals surface area contributed by atoms with E-state index in [1.165, 1.54) is 13.2 Å². The molecule has 0 bridgehead atoms. The molecule has 8 nitrogen and oxygen atoms in total. The Kier molecular flexibility index (Phi) is 5.30. The average Bonchev–Trinajstić information content (AvgIpc) is 3.03. The Morgan fingerprint density at radius 1 is 1.48 bits per heavy atom. The monoisotopic (exact) mass is 380 g/mol. The summed E-state index contributed by atoms with van der Waals surface area (Å²) in [6, 6.07) is 1.35. The number of sulfonamides is 1. The molecule has 0 aliphatic heterocycles. The Hall–Kier alpha value is -1.62. The Morgan fingerprint density at radius 3 is 2.74 bits per heavy atom. The van der Waals surface area contributed by atoms with Gasteiger partial charge in [-0.15, -0.1) is 11.3 Å². The minimum atomic E-state index is -4.10. The SMILES string of the molecule is COCOC(=O)c1sc(C)cc1S(=O)(=O)Nc1onc(C)c1Cl. The molecule has 0 saturated heterocycles. The topological polar surface area (TPSA) is 108 Å². The van der Waals surface area contributed by atoms with Crippen LogP contribution in [0.5, 0.6) is 0 Å². The van der Waals surface area contributed by atoms with Gasteiger partial charge in [-0.05, 0) is 19.9 Å². The molecule has 23 heavy (non-hydrogen) atoms. The number of anilines is 1. The maximum absolute atomic E-state index is 12.5. The molecule has 0 saturated carbocycles. The molecule has 0 aromatic carbocycles. The van der Waals surface area contributed by atoms with Crippen molar-refractivity contribution < 1.29 is 27.2 Å². The zero-order valence-electron chi connectivity index (χ0n) is 12.4. The molecule has 0 fully saturated rings. The highest BCUT2D eigenvalue weighted by molar-refractivity contribution is 7.93. The predicted molar refractivity (Wildman–Crippen MR) is 83.4 cm³/mol. The fourth-order valence-corrected chi connectivity index (χ4v) is 4.26. The number of carbonyl (C=O) groups excluding carboxylic acids is 1. The Balaban J connectivity index is 2.36. The molecular weight excluding hydrogens is 368 g/mol. The first kappa shape index (κ1) is 17.7. The van der Waals surface area contributed by atoms with Gasteiger partial charge in [0.1, 0.15) is 20.5 Å². The fourth-order valence-electron chi connectivity index (χ4n) is 1.61. The largest absolute Gasteiger partial charge is 0.434 e. The van der Waals surface area contributed by atoms with Crippen molar-refractivity contribution in [2.75, 3.05) is 18.6 Å². The number of nitrogens with zero attached hydrogens (tertiary/aromatic N) is 1. The molecule has 0 aliphatic carbocycles. The zero-order chi connectivity index (χ0) is 17.2. The maximum atomic E-state index is 12.5. The van der Waals surface area contributed by atoms with E-state index < -0.39 is 16.0 Å². The van der Waals surface area contributed by atoms with Crippen LogP contribution in [0.4, 0.5) is 5.88 Å². The second kappa shape index (κ2) is 6.87. The molecule has 0 atom stereocenters. The van der Waals surface area contributed by atoms with Crippen molar-refractivity contribution in [2.24, 2.45) is 0 Å². The van der Waals surface area contributed by atoms with Gasteiger partial charge in [0, 0.05) is 12.0 Å². The standard InChI is InChI=1S/C12H13ClN2O6S2/c1-6-4-8(10(22-6)12(16)20-5-19-3)23(17,18)15-11-9(13)7(2)14-21-11/h4,15H,5H2,1-3H3. The van der Waals surface area contributed by atoms with E-state index in [9.17, 15) is 13.2 Å². The normalized spacial score (nSPS) is 11.5. The molecule has 0 spiro atoms. The number of rotatable bonds is 6. The van der Waals surface area contributed by atoms with E-state index >= 15 is 0 Å². The van der Waals surface area contributed by atoms with Crippen molar-refractivity contribution in [3.05, 3.63) is 26.5 Å². The molecule has 0 unspecified atom stereocenters. The fraction of sp³-hybridized carbons (Fsp3) is 0.333. The van der Waals surface area contributed by atoms with Crippen LogP contribution < -0.4 is 4.72 Å². The summed E-state index contributed by atoms with van der Waals surface area (Å²) in [6.45, 7) is 2.95. The van der Waals surface area contributed by atoms with Crippen LogP contribution in [-0.4, -0.2) is 33.4 Å². The first-order chi connectivity index (χ1) is 10.8. The van der Waals surface area contributed by atoms with Gasteiger partial charge >= 0.3 is 5.97 Å². The molecular formula is C12H13ClN2O6S2. The number of thiophene rings is 1. The van der Waals surface area contributed by atoms with Crippen LogP contribution in [0.15, 0.2) is 15.5 Å². The van der Waals surface area contributed by atoms with Crippen molar-refractivity contribution >= 4 is 44.8 Å². The van der Waals surface area contributed by atoms with Gasteiger partial charge < -0.3 is 14.0 Å². The quantitative estimate of drug-likeness (QED) is 0.606. The Labute approximate surface area is 141 Å². The van der Waals surface area contributed by atoms with E-state index in [2.05, 4.69) is 14.6 Å². The number of aromatic nitrogens is 1.